The maximum absolute atomic E-state index is 12.1. The van der Waals surface area contributed by atoms with Gasteiger partial charge in [-0.3, -0.25) is 0 Å². The van der Waals surface area contributed by atoms with Crippen molar-refractivity contribution >= 4 is 21.6 Å². The number of benzene rings is 1. The second-order valence-electron chi connectivity index (χ2n) is 4.33. The number of hydrogen-bond donors (Lipinski definition) is 1. The highest BCUT2D eigenvalue weighted by Gasteiger charge is 2.31. The van der Waals surface area contributed by atoms with Gasteiger partial charge in [-0.2, -0.15) is 0 Å². The van der Waals surface area contributed by atoms with Crippen LogP contribution in [0.1, 0.15) is 5.56 Å². The third-order valence-corrected chi connectivity index (χ3v) is 4.25. The maximum atomic E-state index is 12.1. The van der Waals surface area contributed by atoms with E-state index in [9.17, 15) is 21.6 Å². The molecule has 0 saturated heterocycles. The Hall–Kier alpha value is -1.84. The summed E-state index contributed by atoms with van der Waals surface area (Å²) in [5.41, 5.74) is 0.589. The molecule has 124 valence electrons. The Morgan fingerprint density at radius 2 is 1.83 bits per heavy atom. The van der Waals surface area contributed by atoms with E-state index in [0.717, 1.165) is 24.3 Å². The number of aromatic nitrogens is 1. The molecule has 23 heavy (non-hydrogen) atoms. The summed E-state index contributed by atoms with van der Waals surface area (Å²) < 4.78 is 66.3. The highest BCUT2D eigenvalue weighted by molar-refractivity contribution is 7.89. The first-order valence-electron chi connectivity index (χ1n) is 6.12. The van der Waals surface area contributed by atoms with Crippen molar-refractivity contribution in [2.75, 3.05) is 0 Å². The Kier molecular flexibility index (Phi) is 5.12. The lowest BCUT2D eigenvalue weighted by Gasteiger charge is -2.10. The van der Waals surface area contributed by atoms with Gasteiger partial charge >= 0.3 is 6.36 Å². The van der Waals surface area contributed by atoms with Crippen molar-refractivity contribution in [3.63, 3.8) is 0 Å². The van der Waals surface area contributed by atoms with Crippen LogP contribution < -0.4 is 9.46 Å². The lowest BCUT2D eigenvalue weighted by Crippen LogP contribution is -2.23. The van der Waals surface area contributed by atoms with E-state index in [-0.39, 0.29) is 16.6 Å². The fourth-order valence-corrected chi connectivity index (χ4v) is 2.85. The minimum Gasteiger partial charge on any atom is -0.406 e. The van der Waals surface area contributed by atoms with Crippen LogP contribution in [0.5, 0.6) is 5.75 Å². The lowest BCUT2D eigenvalue weighted by atomic mass is 10.3. The number of ether oxygens (including phenoxy) is 1. The molecule has 0 aliphatic heterocycles. The summed E-state index contributed by atoms with van der Waals surface area (Å²) in [6.45, 7) is -0.0363. The minimum absolute atomic E-state index is 0.0363. The van der Waals surface area contributed by atoms with Crippen LogP contribution in [-0.4, -0.2) is 19.8 Å². The number of halogens is 4. The van der Waals surface area contributed by atoms with E-state index in [4.69, 9.17) is 11.6 Å². The molecule has 5 nitrogen and oxygen atoms in total. The zero-order valence-corrected chi connectivity index (χ0v) is 12.9. The Bertz CT molecular complexity index is 780. The van der Waals surface area contributed by atoms with Gasteiger partial charge < -0.3 is 4.74 Å². The zero-order chi connectivity index (χ0) is 17.1. The first-order chi connectivity index (χ1) is 10.7. The zero-order valence-electron chi connectivity index (χ0n) is 11.3. The largest absolute Gasteiger partial charge is 0.573 e. The van der Waals surface area contributed by atoms with Gasteiger partial charge in [-0.25, -0.2) is 18.1 Å². The second-order valence-corrected chi connectivity index (χ2v) is 6.48. The summed E-state index contributed by atoms with van der Waals surface area (Å²) in [5, 5.41) is 0.218. The average Bonchev–Trinajstić information content (AvgIpc) is 2.44. The molecule has 2 rings (SSSR count). The molecule has 1 heterocycles. The smallest absolute Gasteiger partial charge is 0.406 e. The number of hydrogen-bond acceptors (Lipinski definition) is 4. The third-order valence-electron chi connectivity index (χ3n) is 2.62. The van der Waals surface area contributed by atoms with Gasteiger partial charge in [-0.1, -0.05) is 11.6 Å². The van der Waals surface area contributed by atoms with E-state index in [0.29, 0.717) is 5.56 Å². The number of rotatable bonds is 5. The molecule has 0 atom stereocenters. The standard InChI is InChI=1S/C13H10ClF3N2O3S/c14-12-7-9(5-6-18-12)8-19-23(20,21)11-3-1-10(2-4-11)22-13(15,16)17/h1-7,19H,8H2. The molecule has 1 N–H and O–H groups in total. The van der Waals surface area contributed by atoms with Gasteiger partial charge in [0.05, 0.1) is 4.90 Å². The highest BCUT2D eigenvalue weighted by Crippen LogP contribution is 2.23. The third kappa shape index (κ3) is 5.38. The molecule has 0 amide bonds. The number of alkyl halides is 3. The second kappa shape index (κ2) is 6.73. The van der Waals surface area contributed by atoms with Crippen molar-refractivity contribution in [2.45, 2.75) is 17.8 Å². The highest BCUT2D eigenvalue weighted by atomic mass is 35.5. The first kappa shape index (κ1) is 17.5. The van der Waals surface area contributed by atoms with Crippen LogP contribution in [0.3, 0.4) is 0 Å². The summed E-state index contributed by atoms with van der Waals surface area (Å²) in [5.74, 6) is -0.502. The van der Waals surface area contributed by atoms with Crippen molar-refractivity contribution in [2.24, 2.45) is 0 Å². The normalized spacial score (nSPS) is 12.2. The Morgan fingerprint density at radius 1 is 1.17 bits per heavy atom. The number of pyridine rings is 1. The van der Waals surface area contributed by atoms with E-state index in [1.807, 2.05) is 0 Å². The quantitative estimate of drug-likeness (QED) is 0.826. The van der Waals surface area contributed by atoms with Gasteiger partial charge in [0.25, 0.3) is 0 Å². The maximum Gasteiger partial charge on any atom is 0.573 e. The molecule has 0 radical (unpaired) electrons. The summed E-state index contributed by atoms with van der Waals surface area (Å²) in [6, 6.07) is 6.95. The van der Waals surface area contributed by atoms with E-state index in [1.54, 1.807) is 6.07 Å². The predicted molar refractivity (Wildman–Crippen MR) is 76.4 cm³/mol. The van der Waals surface area contributed by atoms with Gasteiger partial charge in [0, 0.05) is 12.7 Å². The Morgan fingerprint density at radius 3 is 2.39 bits per heavy atom. The van der Waals surface area contributed by atoms with Crippen LogP contribution >= 0.6 is 11.6 Å². The Labute approximate surface area is 135 Å². The minimum atomic E-state index is -4.83. The molecule has 0 fully saturated rings. The molecule has 0 saturated carbocycles. The predicted octanol–water partition coefficient (Wildman–Crippen LogP) is 3.11. The van der Waals surface area contributed by atoms with Gasteiger partial charge in [0.2, 0.25) is 10.0 Å². The fraction of sp³-hybridized carbons (Fsp3) is 0.154. The van der Waals surface area contributed by atoms with Crippen LogP contribution in [0.4, 0.5) is 13.2 Å². The van der Waals surface area contributed by atoms with Crippen molar-refractivity contribution in [1.29, 1.82) is 0 Å². The van der Waals surface area contributed by atoms with E-state index < -0.39 is 22.1 Å². The molecule has 1 aromatic carbocycles. The molecular weight excluding hydrogens is 357 g/mol. The molecule has 0 bridgehead atoms. The van der Waals surface area contributed by atoms with Gasteiger partial charge in [-0.05, 0) is 42.0 Å². The molecule has 10 heteroatoms. The number of sulfonamides is 1. The van der Waals surface area contributed by atoms with E-state index in [2.05, 4.69) is 14.4 Å². The molecule has 1 aromatic heterocycles. The van der Waals surface area contributed by atoms with Crippen LogP contribution in [0, 0.1) is 0 Å². The van der Waals surface area contributed by atoms with Crippen molar-refractivity contribution in [3.8, 4) is 5.75 Å². The number of nitrogens with one attached hydrogen (secondary N) is 1. The number of nitrogens with zero attached hydrogens (tertiary/aromatic N) is 1. The van der Waals surface area contributed by atoms with E-state index >= 15 is 0 Å². The SMILES string of the molecule is O=S(=O)(NCc1ccnc(Cl)c1)c1ccc(OC(F)(F)F)cc1. The Balaban J connectivity index is 2.07. The topological polar surface area (TPSA) is 68.3 Å². The first-order valence-corrected chi connectivity index (χ1v) is 7.98. The van der Waals surface area contributed by atoms with Crippen LogP contribution in [0.2, 0.25) is 5.15 Å². The summed E-state index contributed by atoms with van der Waals surface area (Å²) >= 11 is 5.69. The molecule has 0 spiro atoms. The van der Waals surface area contributed by atoms with Crippen LogP contribution in [0.25, 0.3) is 0 Å². The monoisotopic (exact) mass is 366 g/mol. The molecule has 0 aliphatic carbocycles. The van der Waals surface area contributed by atoms with Gasteiger partial charge in [-0.15, -0.1) is 13.2 Å². The van der Waals surface area contributed by atoms with Gasteiger partial charge in [0.15, 0.2) is 0 Å². The summed E-state index contributed by atoms with van der Waals surface area (Å²) in [7, 11) is -3.88. The molecule has 0 unspecified atom stereocenters. The van der Waals surface area contributed by atoms with Crippen molar-refractivity contribution in [1.82, 2.24) is 9.71 Å². The molecule has 0 aliphatic rings. The fourth-order valence-electron chi connectivity index (χ4n) is 1.63. The summed E-state index contributed by atoms with van der Waals surface area (Å²) in [4.78, 5) is 3.58. The lowest BCUT2D eigenvalue weighted by molar-refractivity contribution is -0.274. The average molecular weight is 367 g/mol. The van der Waals surface area contributed by atoms with Crippen molar-refractivity contribution < 1.29 is 26.3 Å². The molecular formula is C13H10ClF3N2O3S. The summed E-state index contributed by atoms with van der Waals surface area (Å²) in [6.07, 6.45) is -3.41. The van der Waals surface area contributed by atoms with Crippen LogP contribution in [-0.2, 0) is 16.6 Å². The van der Waals surface area contributed by atoms with Crippen molar-refractivity contribution in [3.05, 3.63) is 53.3 Å². The van der Waals surface area contributed by atoms with Gasteiger partial charge in [0.1, 0.15) is 10.9 Å². The molecule has 2 aromatic rings. The van der Waals surface area contributed by atoms with E-state index in [1.165, 1.54) is 12.3 Å². The van der Waals surface area contributed by atoms with Crippen LogP contribution in [0.15, 0.2) is 47.5 Å².